The van der Waals surface area contributed by atoms with Crippen molar-refractivity contribution in [3.63, 3.8) is 0 Å². The molecule has 0 aliphatic carbocycles. The highest BCUT2D eigenvalue weighted by molar-refractivity contribution is 7.90. The molecule has 3 nitrogen and oxygen atoms in total. The van der Waals surface area contributed by atoms with Gasteiger partial charge < -0.3 is 0 Å². The Labute approximate surface area is 87.0 Å². The van der Waals surface area contributed by atoms with Gasteiger partial charge in [0.25, 0.3) is 0 Å². The number of alkyl halides is 1. The SMILES string of the molecule is CN(Cc1cccs1)S(=O)(=O)CCl. The summed E-state index contributed by atoms with van der Waals surface area (Å²) >= 11 is 6.83. The van der Waals surface area contributed by atoms with Crippen molar-refractivity contribution in [2.45, 2.75) is 6.54 Å². The van der Waals surface area contributed by atoms with Crippen LogP contribution in [0.1, 0.15) is 4.88 Å². The Kier molecular flexibility index (Phi) is 3.73. The van der Waals surface area contributed by atoms with Gasteiger partial charge in [-0.25, -0.2) is 8.42 Å². The van der Waals surface area contributed by atoms with E-state index < -0.39 is 10.0 Å². The first-order valence-corrected chi connectivity index (χ1v) is 6.61. The molecule has 0 saturated heterocycles. The molecule has 0 amide bonds. The lowest BCUT2D eigenvalue weighted by Crippen LogP contribution is -2.26. The molecule has 0 aromatic carbocycles. The number of halogens is 1. The summed E-state index contributed by atoms with van der Waals surface area (Å²) in [5, 5.41) is 1.55. The van der Waals surface area contributed by atoms with Crippen LogP contribution in [0.15, 0.2) is 17.5 Å². The maximum atomic E-state index is 11.2. The minimum absolute atomic E-state index is 0.366. The summed E-state index contributed by atoms with van der Waals surface area (Å²) in [5.74, 6) is 0. The van der Waals surface area contributed by atoms with Crippen molar-refractivity contribution in [3.8, 4) is 0 Å². The second kappa shape index (κ2) is 4.41. The number of sulfonamides is 1. The first-order chi connectivity index (χ1) is 6.06. The standard InChI is InChI=1S/C7H10ClNO2S2/c1-9(13(10,11)6-8)5-7-3-2-4-12-7/h2-4H,5-6H2,1H3. The Morgan fingerprint density at radius 2 is 2.31 bits per heavy atom. The third kappa shape index (κ3) is 2.95. The van der Waals surface area contributed by atoms with Crippen LogP contribution in [0, 0.1) is 0 Å². The van der Waals surface area contributed by atoms with Crippen LogP contribution in [0.5, 0.6) is 0 Å². The maximum Gasteiger partial charge on any atom is 0.228 e. The van der Waals surface area contributed by atoms with Gasteiger partial charge in [0.2, 0.25) is 10.0 Å². The van der Waals surface area contributed by atoms with E-state index in [2.05, 4.69) is 0 Å². The maximum absolute atomic E-state index is 11.2. The molecule has 6 heteroatoms. The molecular formula is C7H10ClNO2S2. The van der Waals surface area contributed by atoms with Gasteiger partial charge in [-0.2, -0.15) is 4.31 Å². The summed E-state index contributed by atoms with van der Waals surface area (Å²) in [6.45, 7) is 0.396. The molecule has 0 N–H and O–H groups in total. The van der Waals surface area contributed by atoms with Gasteiger partial charge in [-0.05, 0) is 11.4 Å². The van der Waals surface area contributed by atoms with Crippen molar-refractivity contribution < 1.29 is 8.42 Å². The molecule has 13 heavy (non-hydrogen) atoms. The number of hydrogen-bond donors (Lipinski definition) is 0. The van der Waals surface area contributed by atoms with Gasteiger partial charge in [0.05, 0.1) is 0 Å². The molecule has 0 aliphatic rings. The van der Waals surface area contributed by atoms with Gasteiger partial charge in [-0.15, -0.1) is 22.9 Å². The largest absolute Gasteiger partial charge is 0.228 e. The fourth-order valence-corrected chi connectivity index (χ4v) is 2.64. The molecule has 0 atom stereocenters. The Balaban J connectivity index is 2.66. The van der Waals surface area contributed by atoms with Crippen LogP contribution in [-0.4, -0.2) is 25.0 Å². The average Bonchev–Trinajstić information content (AvgIpc) is 2.57. The fourth-order valence-electron chi connectivity index (χ4n) is 0.804. The van der Waals surface area contributed by atoms with E-state index in [0.29, 0.717) is 6.54 Å². The van der Waals surface area contributed by atoms with Crippen LogP contribution in [0.2, 0.25) is 0 Å². The van der Waals surface area contributed by atoms with Gasteiger partial charge in [-0.3, -0.25) is 0 Å². The van der Waals surface area contributed by atoms with E-state index in [-0.39, 0.29) is 5.21 Å². The van der Waals surface area contributed by atoms with Crippen molar-refractivity contribution in [3.05, 3.63) is 22.4 Å². The lowest BCUT2D eigenvalue weighted by molar-refractivity contribution is 0.474. The Bertz CT molecular complexity index is 347. The third-order valence-electron chi connectivity index (χ3n) is 1.57. The predicted molar refractivity (Wildman–Crippen MR) is 55.4 cm³/mol. The summed E-state index contributed by atoms with van der Waals surface area (Å²) in [4.78, 5) is 1.01. The van der Waals surface area contributed by atoms with Gasteiger partial charge in [0, 0.05) is 18.5 Å². The number of thiophene rings is 1. The quantitative estimate of drug-likeness (QED) is 0.751. The summed E-state index contributed by atoms with van der Waals surface area (Å²) in [7, 11) is -1.74. The van der Waals surface area contributed by atoms with E-state index in [4.69, 9.17) is 11.6 Å². The molecule has 0 fully saturated rings. The van der Waals surface area contributed by atoms with Crippen molar-refractivity contribution >= 4 is 33.0 Å². The first kappa shape index (κ1) is 11.0. The Hall–Kier alpha value is -0.100. The monoisotopic (exact) mass is 239 g/mol. The normalized spacial score (nSPS) is 12.2. The zero-order valence-corrected chi connectivity index (χ0v) is 9.49. The van der Waals surface area contributed by atoms with Gasteiger partial charge >= 0.3 is 0 Å². The smallest absolute Gasteiger partial charge is 0.211 e. The fraction of sp³-hybridized carbons (Fsp3) is 0.429. The Morgan fingerprint density at radius 3 is 2.77 bits per heavy atom. The average molecular weight is 240 g/mol. The molecule has 1 heterocycles. The van der Waals surface area contributed by atoms with Gasteiger partial charge in [0.15, 0.2) is 0 Å². The molecule has 1 rings (SSSR count). The summed E-state index contributed by atoms with van der Waals surface area (Å²) in [5.41, 5.74) is 0. The molecule has 0 spiro atoms. The third-order valence-corrected chi connectivity index (χ3v) is 4.61. The topological polar surface area (TPSA) is 37.4 Å². The van der Waals surface area contributed by atoms with Crippen LogP contribution in [0.3, 0.4) is 0 Å². The summed E-state index contributed by atoms with van der Waals surface area (Å²) in [6.07, 6.45) is 0. The molecule has 0 aliphatic heterocycles. The van der Waals surface area contributed by atoms with Crippen LogP contribution < -0.4 is 0 Å². The molecule has 1 aromatic heterocycles. The van der Waals surface area contributed by atoms with Gasteiger partial charge in [0.1, 0.15) is 5.21 Å². The predicted octanol–water partition coefficient (Wildman–Crippen LogP) is 1.71. The van der Waals surface area contributed by atoms with E-state index in [1.54, 1.807) is 0 Å². The molecule has 0 saturated carbocycles. The van der Waals surface area contributed by atoms with Crippen molar-refractivity contribution in [1.29, 1.82) is 0 Å². The van der Waals surface area contributed by atoms with E-state index in [9.17, 15) is 8.42 Å². The summed E-state index contributed by atoms with van der Waals surface area (Å²) < 4.78 is 23.7. The van der Waals surface area contributed by atoms with Crippen molar-refractivity contribution in [2.75, 3.05) is 12.3 Å². The number of hydrogen-bond acceptors (Lipinski definition) is 3. The van der Waals surface area contributed by atoms with Gasteiger partial charge in [-0.1, -0.05) is 6.07 Å². The minimum atomic E-state index is -3.27. The molecule has 0 radical (unpaired) electrons. The zero-order chi connectivity index (χ0) is 9.90. The van der Waals surface area contributed by atoms with Crippen LogP contribution >= 0.6 is 22.9 Å². The lowest BCUT2D eigenvalue weighted by Gasteiger charge is -2.13. The van der Waals surface area contributed by atoms with E-state index in [0.717, 1.165) is 4.88 Å². The molecular weight excluding hydrogens is 230 g/mol. The molecule has 74 valence electrons. The second-order valence-electron chi connectivity index (χ2n) is 2.56. The van der Waals surface area contributed by atoms with Crippen LogP contribution in [0.4, 0.5) is 0 Å². The zero-order valence-electron chi connectivity index (χ0n) is 7.10. The van der Waals surface area contributed by atoms with E-state index >= 15 is 0 Å². The van der Waals surface area contributed by atoms with E-state index in [1.165, 1.54) is 22.7 Å². The summed E-state index contributed by atoms with van der Waals surface area (Å²) in [6, 6.07) is 3.78. The first-order valence-electron chi connectivity index (χ1n) is 3.58. The highest BCUT2D eigenvalue weighted by atomic mass is 35.5. The molecule has 0 bridgehead atoms. The van der Waals surface area contributed by atoms with E-state index in [1.807, 2.05) is 17.5 Å². The highest BCUT2D eigenvalue weighted by Crippen LogP contribution is 2.13. The highest BCUT2D eigenvalue weighted by Gasteiger charge is 2.16. The van der Waals surface area contributed by atoms with Crippen molar-refractivity contribution in [1.82, 2.24) is 4.31 Å². The second-order valence-corrected chi connectivity index (χ2v) is 6.25. The molecule has 0 unspecified atom stereocenters. The van der Waals surface area contributed by atoms with Crippen molar-refractivity contribution in [2.24, 2.45) is 0 Å². The lowest BCUT2D eigenvalue weighted by atomic mass is 10.5. The van der Waals surface area contributed by atoms with Crippen LogP contribution in [0.25, 0.3) is 0 Å². The Morgan fingerprint density at radius 1 is 1.62 bits per heavy atom. The molecule has 1 aromatic rings. The number of rotatable bonds is 4. The number of nitrogens with zero attached hydrogens (tertiary/aromatic N) is 1. The minimum Gasteiger partial charge on any atom is -0.211 e. The van der Waals surface area contributed by atoms with Crippen LogP contribution in [-0.2, 0) is 16.6 Å².